The van der Waals surface area contributed by atoms with E-state index in [0.29, 0.717) is 16.3 Å². The third-order valence-electron chi connectivity index (χ3n) is 2.65. The summed E-state index contributed by atoms with van der Waals surface area (Å²) >= 11 is 5.84. The summed E-state index contributed by atoms with van der Waals surface area (Å²) in [4.78, 5) is 20.4. The summed E-state index contributed by atoms with van der Waals surface area (Å²) in [6.45, 7) is 1.54. The van der Waals surface area contributed by atoms with Crippen molar-refractivity contribution >= 4 is 23.4 Å². The van der Waals surface area contributed by atoms with E-state index in [2.05, 4.69) is 10.1 Å². The van der Waals surface area contributed by atoms with E-state index >= 15 is 0 Å². The number of hydrogen-bond donors (Lipinski definition) is 1. The highest BCUT2D eigenvalue weighted by molar-refractivity contribution is 6.30. The van der Waals surface area contributed by atoms with E-state index in [4.69, 9.17) is 26.9 Å². The van der Waals surface area contributed by atoms with Crippen molar-refractivity contribution in [3.05, 3.63) is 59.4 Å². The number of hydrogen-bond acceptors (Lipinski definition) is 5. The van der Waals surface area contributed by atoms with Gasteiger partial charge in [0.15, 0.2) is 11.9 Å². The Kier molecular flexibility index (Phi) is 5.32. The lowest BCUT2D eigenvalue weighted by molar-refractivity contribution is -0.151. The Morgan fingerprint density at radius 3 is 2.73 bits per heavy atom. The highest BCUT2D eigenvalue weighted by Crippen LogP contribution is 2.18. The highest BCUT2D eigenvalue weighted by Gasteiger charge is 2.17. The first-order chi connectivity index (χ1) is 10.6. The zero-order chi connectivity index (χ0) is 15.9. The Bertz CT molecular complexity index is 677. The summed E-state index contributed by atoms with van der Waals surface area (Å²) in [5.74, 6) is -0.134. The summed E-state index contributed by atoms with van der Waals surface area (Å²) in [5.41, 5.74) is 6.31. The Balaban J connectivity index is 1.94. The van der Waals surface area contributed by atoms with Crippen molar-refractivity contribution < 1.29 is 14.4 Å². The van der Waals surface area contributed by atoms with Gasteiger partial charge in [-0.2, -0.15) is 0 Å². The molecule has 0 aliphatic rings. The molecule has 22 heavy (non-hydrogen) atoms. The molecule has 1 heterocycles. The van der Waals surface area contributed by atoms with Gasteiger partial charge in [-0.1, -0.05) is 22.8 Å². The molecule has 2 rings (SSSR count). The lowest BCUT2D eigenvalue weighted by Gasteiger charge is -2.12. The summed E-state index contributed by atoms with van der Waals surface area (Å²) in [5, 5.41) is 4.10. The molecule has 2 N–H and O–H groups in total. The van der Waals surface area contributed by atoms with E-state index in [9.17, 15) is 4.79 Å². The van der Waals surface area contributed by atoms with Crippen LogP contribution in [0.5, 0.6) is 5.75 Å². The van der Waals surface area contributed by atoms with Crippen LogP contribution in [0.25, 0.3) is 0 Å². The van der Waals surface area contributed by atoms with Crippen LogP contribution >= 0.6 is 11.6 Å². The fourth-order valence-electron chi connectivity index (χ4n) is 1.54. The third-order valence-corrected chi connectivity index (χ3v) is 2.89. The maximum atomic E-state index is 11.8. The Morgan fingerprint density at radius 2 is 2.05 bits per heavy atom. The van der Waals surface area contributed by atoms with Crippen molar-refractivity contribution in [3.63, 3.8) is 0 Å². The number of halogens is 1. The minimum absolute atomic E-state index is 0.0747. The number of carbonyl (C=O) groups is 1. The average Bonchev–Trinajstić information content (AvgIpc) is 2.53. The van der Waals surface area contributed by atoms with Gasteiger partial charge in [-0.25, -0.2) is 4.79 Å². The van der Waals surface area contributed by atoms with E-state index in [1.807, 2.05) is 0 Å². The number of pyridine rings is 1. The molecule has 2 aromatic rings. The third kappa shape index (κ3) is 4.46. The fourth-order valence-corrected chi connectivity index (χ4v) is 1.72. The molecule has 114 valence electrons. The number of nitrogens with two attached hydrogens (primary N) is 1. The fraction of sp³-hybridized carbons (Fsp3) is 0.133. The second-order valence-electron chi connectivity index (χ2n) is 4.34. The molecule has 0 bridgehead atoms. The molecule has 0 saturated carbocycles. The Hall–Kier alpha value is -2.60. The van der Waals surface area contributed by atoms with Crippen LogP contribution in [0.1, 0.15) is 12.5 Å². The van der Waals surface area contributed by atoms with Gasteiger partial charge < -0.3 is 15.3 Å². The molecule has 0 amide bonds. The van der Waals surface area contributed by atoms with Crippen LogP contribution in [0.3, 0.4) is 0 Å². The lowest BCUT2D eigenvalue weighted by Crippen LogP contribution is -2.26. The van der Waals surface area contributed by atoms with Gasteiger partial charge in [0.1, 0.15) is 5.75 Å². The van der Waals surface area contributed by atoms with Crippen molar-refractivity contribution in [1.29, 1.82) is 0 Å². The van der Waals surface area contributed by atoms with E-state index in [0.717, 1.165) is 0 Å². The number of carbonyl (C=O) groups excluding carboxylic acids is 1. The molecule has 7 heteroatoms. The molecule has 1 atom stereocenters. The van der Waals surface area contributed by atoms with Crippen molar-refractivity contribution in [2.75, 3.05) is 0 Å². The number of aromatic nitrogens is 1. The monoisotopic (exact) mass is 319 g/mol. The molecule has 0 unspecified atom stereocenters. The molecule has 1 aromatic heterocycles. The first-order valence-electron chi connectivity index (χ1n) is 6.43. The molecule has 0 aliphatic carbocycles. The van der Waals surface area contributed by atoms with Crippen LogP contribution in [-0.2, 0) is 9.63 Å². The Labute approximate surface area is 132 Å². The maximum Gasteiger partial charge on any atom is 0.374 e. The minimum Gasteiger partial charge on any atom is -0.479 e. The summed E-state index contributed by atoms with van der Waals surface area (Å²) in [7, 11) is 0. The van der Waals surface area contributed by atoms with Crippen LogP contribution in [0.4, 0.5) is 0 Å². The predicted octanol–water partition coefficient (Wildman–Crippen LogP) is 2.37. The molecular weight excluding hydrogens is 306 g/mol. The second-order valence-corrected chi connectivity index (χ2v) is 4.78. The largest absolute Gasteiger partial charge is 0.479 e. The number of ether oxygens (including phenoxy) is 1. The van der Waals surface area contributed by atoms with Gasteiger partial charge in [0.25, 0.3) is 0 Å². The molecule has 6 nitrogen and oxygen atoms in total. The molecule has 1 aromatic carbocycles. The van der Waals surface area contributed by atoms with Crippen molar-refractivity contribution in [1.82, 2.24) is 4.98 Å². The topological polar surface area (TPSA) is 86.8 Å². The first kappa shape index (κ1) is 15.8. The van der Waals surface area contributed by atoms with Crippen molar-refractivity contribution in [2.45, 2.75) is 13.0 Å². The zero-order valence-corrected chi connectivity index (χ0v) is 12.5. The Morgan fingerprint density at radius 1 is 1.32 bits per heavy atom. The number of nitrogens with zero attached hydrogens (tertiary/aromatic N) is 2. The molecule has 0 spiro atoms. The van der Waals surface area contributed by atoms with E-state index in [-0.39, 0.29) is 5.84 Å². The average molecular weight is 320 g/mol. The van der Waals surface area contributed by atoms with Gasteiger partial charge in [0.2, 0.25) is 0 Å². The number of oxime groups is 1. The second kappa shape index (κ2) is 7.42. The SMILES string of the molecule is C[C@H](Oc1cccc(Cl)c1)C(=O)O/N=C(/N)c1ccncc1. The van der Waals surface area contributed by atoms with Gasteiger partial charge in [-0.3, -0.25) is 4.98 Å². The van der Waals surface area contributed by atoms with Gasteiger partial charge in [0, 0.05) is 23.0 Å². The smallest absolute Gasteiger partial charge is 0.374 e. The summed E-state index contributed by atoms with van der Waals surface area (Å²) in [6.07, 6.45) is 2.27. The predicted molar refractivity (Wildman–Crippen MR) is 82.6 cm³/mol. The van der Waals surface area contributed by atoms with Crippen LogP contribution < -0.4 is 10.5 Å². The quantitative estimate of drug-likeness (QED) is 0.395. The number of amidine groups is 1. The van der Waals surface area contributed by atoms with E-state index < -0.39 is 12.1 Å². The molecular formula is C15H14ClN3O3. The lowest BCUT2D eigenvalue weighted by atomic mass is 10.2. The summed E-state index contributed by atoms with van der Waals surface area (Å²) < 4.78 is 5.42. The zero-order valence-electron chi connectivity index (χ0n) is 11.8. The van der Waals surface area contributed by atoms with Gasteiger partial charge in [0.05, 0.1) is 0 Å². The van der Waals surface area contributed by atoms with E-state index in [1.165, 1.54) is 0 Å². The van der Waals surface area contributed by atoms with Gasteiger partial charge in [-0.05, 0) is 37.3 Å². The van der Waals surface area contributed by atoms with Crippen molar-refractivity contribution in [2.24, 2.45) is 10.9 Å². The molecule has 0 fully saturated rings. The van der Waals surface area contributed by atoms with E-state index in [1.54, 1.807) is 55.7 Å². The van der Waals surface area contributed by atoms with Crippen LogP contribution in [0.2, 0.25) is 5.02 Å². The molecule has 0 aliphatic heterocycles. The maximum absolute atomic E-state index is 11.8. The van der Waals surface area contributed by atoms with Gasteiger partial charge >= 0.3 is 5.97 Å². The summed E-state index contributed by atoms with van der Waals surface area (Å²) in [6, 6.07) is 10.0. The minimum atomic E-state index is -0.854. The molecule has 0 saturated heterocycles. The number of benzene rings is 1. The first-order valence-corrected chi connectivity index (χ1v) is 6.81. The van der Waals surface area contributed by atoms with Gasteiger partial charge in [-0.15, -0.1) is 0 Å². The van der Waals surface area contributed by atoms with Crippen molar-refractivity contribution in [3.8, 4) is 5.75 Å². The highest BCUT2D eigenvalue weighted by atomic mass is 35.5. The van der Waals surface area contributed by atoms with Crippen LogP contribution in [0, 0.1) is 0 Å². The standard InChI is InChI=1S/C15H14ClN3O3/c1-10(21-13-4-2-3-12(16)9-13)15(20)22-19-14(17)11-5-7-18-8-6-11/h2-10H,1H3,(H2,17,19)/t10-/m0/s1. The molecule has 0 radical (unpaired) electrons. The van der Waals surface area contributed by atoms with Crippen LogP contribution in [0.15, 0.2) is 53.9 Å². The van der Waals surface area contributed by atoms with Crippen LogP contribution in [-0.4, -0.2) is 22.9 Å². The number of rotatable bonds is 5. The normalized spacial score (nSPS) is 12.5.